The molecule has 1 aromatic rings. The Morgan fingerprint density at radius 1 is 1.59 bits per heavy atom. The smallest absolute Gasteiger partial charge is 0.120 e. The lowest BCUT2D eigenvalue weighted by atomic mass is 9.95. The Hall–Kier alpha value is -1.31. The summed E-state index contributed by atoms with van der Waals surface area (Å²) in [5.41, 5.74) is 1.72. The molecule has 4 heteroatoms. The highest BCUT2D eigenvalue weighted by atomic mass is 16.3. The molecule has 1 atom stereocenters. The molecule has 0 fully saturated rings. The average molecular weight is 235 g/mol. The number of hydrogen-bond acceptors (Lipinski definition) is 3. The van der Waals surface area contributed by atoms with Crippen LogP contribution in [0.25, 0.3) is 0 Å². The minimum Gasteiger partial charge on any atom is -0.396 e. The molecule has 0 amide bonds. The highest BCUT2D eigenvalue weighted by molar-refractivity contribution is 5.28. The standard InChI is InChI=1S/C13H21N3O/c1-4-13(2,5-6-17)15-9-11-7-12(8-14)16(3)10-11/h7,10,15,17H,4-6,9H2,1-3H3. The fourth-order valence-corrected chi connectivity index (χ4v) is 1.79. The summed E-state index contributed by atoms with van der Waals surface area (Å²) >= 11 is 0. The summed E-state index contributed by atoms with van der Waals surface area (Å²) in [5, 5.41) is 21.3. The fourth-order valence-electron chi connectivity index (χ4n) is 1.79. The third-order valence-electron chi connectivity index (χ3n) is 3.34. The number of rotatable bonds is 6. The maximum atomic E-state index is 9.03. The first kappa shape index (κ1) is 13.8. The van der Waals surface area contributed by atoms with Gasteiger partial charge in [-0.2, -0.15) is 5.26 Å². The number of aliphatic hydroxyl groups is 1. The van der Waals surface area contributed by atoms with E-state index in [0.29, 0.717) is 5.69 Å². The number of hydrogen-bond donors (Lipinski definition) is 2. The van der Waals surface area contributed by atoms with Gasteiger partial charge in [-0.05, 0) is 31.4 Å². The third-order valence-corrected chi connectivity index (χ3v) is 3.34. The summed E-state index contributed by atoms with van der Waals surface area (Å²) in [7, 11) is 1.87. The molecule has 0 aromatic carbocycles. The van der Waals surface area contributed by atoms with Crippen LogP contribution in [0.5, 0.6) is 0 Å². The summed E-state index contributed by atoms with van der Waals surface area (Å²) < 4.78 is 1.83. The van der Waals surface area contributed by atoms with Crippen LogP contribution in [0.2, 0.25) is 0 Å². The Bertz CT molecular complexity index is 405. The molecule has 0 aliphatic rings. The zero-order valence-corrected chi connectivity index (χ0v) is 10.8. The molecular weight excluding hydrogens is 214 g/mol. The molecule has 0 aliphatic carbocycles. The third kappa shape index (κ3) is 3.58. The molecule has 94 valence electrons. The van der Waals surface area contributed by atoms with E-state index in [-0.39, 0.29) is 12.1 Å². The van der Waals surface area contributed by atoms with Gasteiger partial charge in [-0.3, -0.25) is 0 Å². The largest absolute Gasteiger partial charge is 0.396 e. The SMILES string of the molecule is CCC(C)(CCO)NCc1cc(C#N)n(C)c1. The number of aryl methyl sites for hydroxylation is 1. The van der Waals surface area contributed by atoms with E-state index in [4.69, 9.17) is 10.4 Å². The highest BCUT2D eigenvalue weighted by Crippen LogP contribution is 2.15. The van der Waals surface area contributed by atoms with Gasteiger partial charge in [0.05, 0.1) is 0 Å². The number of nitriles is 1. The normalized spacial score (nSPS) is 14.3. The van der Waals surface area contributed by atoms with Gasteiger partial charge in [-0.25, -0.2) is 0 Å². The van der Waals surface area contributed by atoms with Crippen LogP contribution in [0.15, 0.2) is 12.3 Å². The average Bonchev–Trinajstić information content (AvgIpc) is 2.68. The maximum Gasteiger partial charge on any atom is 0.120 e. The van der Waals surface area contributed by atoms with Crippen LogP contribution in [-0.2, 0) is 13.6 Å². The van der Waals surface area contributed by atoms with Gasteiger partial charge in [0.2, 0.25) is 0 Å². The first-order valence-electron chi connectivity index (χ1n) is 5.96. The Morgan fingerprint density at radius 2 is 2.29 bits per heavy atom. The Balaban J connectivity index is 2.63. The molecule has 0 aliphatic heterocycles. The van der Waals surface area contributed by atoms with E-state index in [0.717, 1.165) is 24.9 Å². The van der Waals surface area contributed by atoms with E-state index in [1.807, 2.05) is 23.9 Å². The van der Waals surface area contributed by atoms with Crippen molar-refractivity contribution in [2.24, 2.45) is 7.05 Å². The van der Waals surface area contributed by atoms with E-state index in [2.05, 4.69) is 25.2 Å². The van der Waals surface area contributed by atoms with Crippen molar-refractivity contribution in [3.63, 3.8) is 0 Å². The Morgan fingerprint density at radius 3 is 2.76 bits per heavy atom. The number of nitrogens with zero attached hydrogens (tertiary/aromatic N) is 2. The lowest BCUT2D eigenvalue weighted by Crippen LogP contribution is -2.41. The van der Waals surface area contributed by atoms with Crippen molar-refractivity contribution in [2.75, 3.05) is 6.61 Å². The topological polar surface area (TPSA) is 61.0 Å². The van der Waals surface area contributed by atoms with Crippen LogP contribution in [0, 0.1) is 11.3 Å². The summed E-state index contributed by atoms with van der Waals surface area (Å²) in [6, 6.07) is 4.04. The molecule has 0 saturated heterocycles. The van der Waals surface area contributed by atoms with Gasteiger partial charge in [0.15, 0.2) is 0 Å². The summed E-state index contributed by atoms with van der Waals surface area (Å²) in [5.74, 6) is 0. The lowest BCUT2D eigenvalue weighted by Gasteiger charge is -2.29. The first-order chi connectivity index (χ1) is 8.04. The van der Waals surface area contributed by atoms with E-state index >= 15 is 0 Å². The minimum atomic E-state index is -0.0442. The number of aromatic nitrogens is 1. The molecule has 1 unspecified atom stereocenters. The van der Waals surface area contributed by atoms with Crippen molar-refractivity contribution < 1.29 is 5.11 Å². The molecule has 17 heavy (non-hydrogen) atoms. The molecular formula is C13H21N3O. The van der Waals surface area contributed by atoms with E-state index < -0.39 is 0 Å². The predicted molar refractivity (Wildman–Crippen MR) is 67.4 cm³/mol. The highest BCUT2D eigenvalue weighted by Gasteiger charge is 2.20. The van der Waals surface area contributed by atoms with Gasteiger partial charge >= 0.3 is 0 Å². The molecule has 0 spiro atoms. The van der Waals surface area contributed by atoms with Crippen LogP contribution in [0.1, 0.15) is 37.9 Å². The second-order valence-corrected chi connectivity index (χ2v) is 4.70. The van der Waals surface area contributed by atoms with Crippen LogP contribution >= 0.6 is 0 Å². The van der Waals surface area contributed by atoms with Gasteiger partial charge in [-0.15, -0.1) is 0 Å². The van der Waals surface area contributed by atoms with E-state index in [1.54, 1.807) is 0 Å². The van der Waals surface area contributed by atoms with E-state index in [9.17, 15) is 0 Å². The van der Waals surface area contributed by atoms with E-state index in [1.165, 1.54) is 0 Å². The zero-order valence-electron chi connectivity index (χ0n) is 10.8. The molecule has 0 radical (unpaired) electrons. The van der Waals surface area contributed by atoms with Crippen LogP contribution < -0.4 is 5.32 Å². The Kier molecular flexibility index (Phi) is 4.73. The van der Waals surface area contributed by atoms with Gasteiger partial charge in [0.25, 0.3) is 0 Å². The Labute approximate surface area is 103 Å². The lowest BCUT2D eigenvalue weighted by molar-refractivity contribution is 0.214. The molecule has 1 rings (SSSR count). The maximum absolute atomic E-state index is 9.03. The monoisotopic (exact) mass is 235 g/mol. The van der Waals surface area contributed by atoms with Crippen molar-refractivity contribution in [1.29, 1.82) is 5.26 Å². The van der Waals surface area contributed by atoms with Crippen molar-refractivity contribution >= 4 is 0 Å². The second kappa shape index (κ2) is 5.85. The molecule has 0 bridgehead atoms. The number of nitrogens with one attached hydrogen (secondary N) is 1. The van der Waals surface area contributed by atoms with Crippen molar-refractivity contribution in [1.82, 2.24) is 9.88 Å². The van der Waals surface area contributed by atoms with Crippen molar-refractivity contribution in [3.8, 4) is 6.07 Å². The minimum absolute atomic E-state index is 0.0442. The molecule has 2 N–H and O–H groups in total. The zero-order chi connectivity index (χ0) is 12.9. The van der Waals surface area contributed by atoms with Crippen LogP contribution in [0.3, 0.4) is 0 Å². The van der Waals surface area contributed by atoms with Gasteiger partial charge in [-0.1, -0.05) is 6.92 Å². The fraction of sp³-hybridized carbons (Fsp3) is 0.615. The van der Waals surface area contributed by atoms with Crippen LogP contribution in [-0.4, -0.2) is 21.8 Å². The van der Waals surface area contributed by atoms with Gasteiger partial charge in [0, 0.05) is 31.9 Å². The predicted octanol–water partition coefficient (Wildman–Crippen LogP) is 1.54. The summed E-state index contributed by atoms with van der Waals surface area (Å²) in [4.78, 5) is 0. The molecule has 1 heterocycles. The summed E-state index contributed by atoms with van der Waals surface area (Å²) in [6.07, 6.45) is 3.66. The van der Waals surface area contributed by atoms with Crippen molar-refractivity contribution in [2.45, 2.75) is 38.8 Å². The van der Waals surface area contributed by atoms with Gasteiger partial charge in [0.1, 0.15) is 11.8 Å². The second-order valence-electron chi connectivity index (χ2n) is 4.70. The quantitative estimate of drug-likeness (QED) is 0.786. The number of aliphatic hydroxyl groups excluding tert-OH is 1. The summed E-state index contributed by atoms with van der Waals surface area (Å²) in [6.45, 7) is 5.13. The van der Waals surface area contributed by atoms with Gasteiger partial charge < -0.3 is 15.0 Å². The molecule has 1 aromatic heterocycles. The molecule has 0 saturated carbocycles. The first-order valence-corrected chi connectivity index (χ1v) is 5.96. The van der Waals surface area contributed by atoms with Crippen LogP contribution in [0.4, 0.5) is 0 Å². The van der Waals surface area contributed by atoms with Crippen molar-refractivity contribution in [3.05, 3.63) is 23.5 Å². The molecule has 4 nitrogen and oxygen atoms in total.